The molecule has 5 nitrogen and oxygen atoms in total. The molecule has 2 rings (SSSR count). The van der Waals surface area contributed by atoms with Crippen molar-refractivity contribution < 1.29 is 9.66 Å². The predicted octanol–water partition coefficient (Wildman–Crippen LogP) is 3.18. The van der Waals surface area contributed by atoms with E-state index in [0.717, 1.165) is 25.7 Å². The van der Waals surface area contributed by atoms with Crippen LogP contribution < -0.4 is 4.74 Å². The molecule has 0 heterocycles. The molecule has 0 aliphatic heterocycles. The largest absolute Gasteiger partial charge is 0.489 e. The summed E-state index contributed by atoms with van der Waals surface area (Å²) in [5, 5.41) is 19.6. The van der Waals surface area contributed by atoms with Gasteiger partial charge in [-0.1, -0.05) is 6.42 Å². The van der Waals surface area contributed by atoms with Crippen LogP contribution in [-0.2, 0) is 0 Å². The highest BCUT2D eigenvalue weighted by Crippen LogP contribution is 2.28. The van der Waals surface area contributed by atoms with Gasteiger partial charge in [-0.2, -0.15) is 5.26 Å². The molecule has 0 aromatic heterocycles. The zero-order valence-electron chi connectivity index (χ0n) is 9.96. The number of nitrogens with zero attached hydrogens (tertiary/aromatic N) is 2. The van der Waals surface area contributed by atoms with E-state index in [1.165, 1.54) is 24.6 Å². The van der Waals surface area contributed by atoms with Crippen LogP contribution in [0.5, 0.6) is 5.75 Å². The monoisotopic (exact) mass is 246 g/mol. The molecule has 0 unspecified atom stereocenters. The Kier molecular flexibility index (Phi) is 3.78. The first-order valence-corrected chi connectivity index (χ1v) is 6.06. The van der Waals surface area contributed by atoms with Crippen molar-refractivity contribution in [2.24, 2.45) is 0 Å². The van der Waals surface area contributed by atoms with Crippen LogP contribution in [0, 0.1) is 21.4 Å². The summed E-state index contributed by atoms with van der Waals surface area (Å²) in [6.45, 7) is 0. The van der Waals surface area contributed by atoms with Gasteiger partial charge in [0.15, 0.2) is 0 Å². The Morgan fingerprint density at radius 1 is 1.33 bits per heavy atom. The van der Waals surface area contributed by atoms with Gasteiger partial charge in [0.2, 0.25) is 0 Å². The fourth-order valence-corrected chi connectivity index (χ4v) is 2.18. The van der Waals surface area contributed by atoms with Crippen LogP contribution in [0.2, 0.25) is 0 Å². The van der Waals surface area contributed by atoms with E-state index in [4.69, 9.17) is 10.00 Å². The highest BCUT2D eigenvalue weighted by atomic mass is 16.6. The second-order valence-corrected chi connectivity index (χ2v) is 4.43. The average molecular weight is 246 g/mol. The molecule has 94 valence electrons. The fraction of sp³-hybridized carbons (Fsp3) is 0.462. The SMILES string of the molecule is N#Cc1cc([N+](=O)[O-])ccc1OC1CCCCC1. The van der Waals surface area contributed by atoms with Gasteiger partial charge in [0.05, 0.1) is 11.0 Å². The summed E-state index contributed by atoms with van der Waals surface area (Å²) in [6.07, 6.45) is 5.61. The van der Waals surface area contributed by atoms with Crippen molar-refractivity contribution in [3.63, 3.8) is 0 Å². The zero-order chi connectivity index (χ0) is 13.0. The smallest absolute Gasteiger partial charge is 0.271 e. The van der Waals surface area contributed by atoms with Gasteiger partial charge >= 0.3 is 0 Å². The molecule has 1 saturated carbocycles. The van der Waals surface area contributed by atoms with Gasteiger partial charge in [0.25, 0.3) is 5.69 Å². The Labute approximate surface area is 105 Å². The molecule has 5 heteroatoms. The Morgan fingerprint density at radius 3 is 2.67 bits per heavy atom. The van der Waals surface area contributed by atoms with Crippen LogP contribution in [0.4, 0.5) is 5.69 Å². The van der Waals surface area contributed by atoms with Crippen molar-refractivity contribution in [2.45, 2.75) is 38.2 Å². The molecule has 0 spiro atoms. The van der Waals surface area contributed by atoms with E-state index in [1.54, 1.807) is 0 Å². The minimum absolute atomic E-state index is 0.0810. The molecular weight excluding hydrogens is 232 g/mol. The van der Waals surface area contributed by atoms with Gasteiger partial charge in [-0.05, 0) is 31.7 Å². The number of hydrogen-bond donors (Lipinski definition) is 0. The van der Waals surface area contributed by atoms with Gasteiger partial charge in [0, 0.05) is 12.1 Å². The lowest BCUT2D eigenvalue weighted by Crippen LogP contribution is -2.20. The molecule has 1 fully saturated rings. The lowest BCUT2D eigenvalue weighted by atomic mass is 9.97. The quantitative estimate of drug-likeness (QED) is 0.606. The van der Waals surface area contributed by atoms with E-state index >= 15 is 0 Å². The van der Waals surface area contributed by atoms with E-state index in [0.29, 0.717) is 5.75 Å². The third-order valence-electron chi connectivity index (χ3n) is 3.14. The standard InChI is InChI=1S/C13H14N2O3/c14-9-10-8-11(15(16)17)6-7-13(10)18-12-4-2-1-3-5-12/h6-8,12H,1-5H2. The van der Waals surface area contributed by atoms with Crippen LogP contribution in [0.15, 0.2) is 18.2 Å². The Balaban J connectivity index is 2.17. The topological polar surface area (TPSA) is 76.2 Å². The molecule has 0 atom stereocenters. The molecule has 0 radical (unpaired) electrons. The zero-order valence-corrected chi connectivity index (χ0v) is 9.96. The number of hydrogen-bond acceptors (Lipinski definition) is 4. The number of rotatable bonds is 3. The summed E-state index contributed by atoms with van der Waals surface area (Å²) < 4.78 is 5.77. The Morgan fingerprint density at radius 2 is 2.06 bits per heavy atom. The predicted molar refractivity (Wildman–Crippen MR) is 65.3 cm³/mol. The van der Waals surface area contributed by atoms with Crippen LogP contribution in [-0.4, -0.2) is 11.0 Å². The maximum absolute atomic E-state index is 10.6. The highest BCUT2D eigenvalue weighted by molar-refractivity contribution is 5.50. The van der Waals surface area contributed by atoms with Crippen LogP contribution >= 0.6 is 0 Å². The second-order valence-electron chi connectivity index (χ2n) is 4.43. The second kappa shape index (κ2) is 5.50. The number of ether oxygens (including phenoxy) is 1. The summed E-state index contributed by atoms with van der Waals surface area (Å²) in [4.78, 5) is 10.1. The van der Waals surface area contributed by atoms with Gasteiger partial charge in [0.1, 0.15) is 17.4 Å². The van der Waals surface area contributed by atoms with Crippen LogP contribution in [0.3, 0.4) is 0 Å². The number of benzene rings is 1. The molecule has 1 aliphatic rings. The molecule has 0 amide bonds. The van der Waals surface area contributed by atoms with Crippen molar-refractivity contribution >= 4 is 5.69 Å². The minimum Gasteiger partial charge on any atom is -0.489 e. The molecule has 1 aromatic carbocycles. The maximum atomic E-state index is 10.6. The van der Waals surface area contributed by atoms with E-state index in [2.05, 4.69) is 0 Å². The average Bonchev–Trinajstić information content (AvgIpc) is 2.40. The third-order valence-corrected chi connectivity index (χ3v) is 3.14. The van der Waals surface area contributed by atoms with Gasteiger partial charge in [-0.15, -0.1) is 0 Å². The Bertz CT molecular complexity index is 487. The first kappa shape index (κ1) is 12.4. The van der Waals surface area contributed by atoms with Crippen LogP contribution in [0.25, 0.3) is 0 Å². The van der Waals surface area contributed by atoms with Gasteiger partial charge < -0.3 is 4.74 Å². The minimum atomic E-state index is -0.509. The van der Waals surface area contributed by atoms with Crippen molar-refractivity contribution in [1.29, 1.82) is 5.26 Å². The lowest BCUT2D eigenvalue weighted by molar-refractivity contribution is -0.384. The molecule has 1 aromatic rings. The van der Waals surface area contributed by atoms with Crippen LogP contribution in [0.1, 0.15) is 37.7 Å². The molecule has 0 bridgehead atoms. The Hall–Kier alpha value is -2.09. The van der Waals surface area contributed by atoms with E-state index < -0.39 is 4.92 Å². The summed E-state index contributed by atoms with van der Waals surface area (Å²) in [7, 11) is 0. The first-order chi connectivity index (χ1) is 8.70. The van der Waals surface area contributed by atoms with E-state index in [9.17, 15) is 10.1 Å². The number of nitriles is 1. The van der Waals surface area contributed by atoms with Crippen molar-refractivity contribution in [3.8, 4) is 11.8 Å². The summed E-state index contributed by atoms with van der Waals surface area (Å²) >= 11 is 0. The van der Waals surface area contributed by atoms with Crippen molar-refractivity contribution in [3.05, 3.63) is 33.9 Å². The maximum Gasteiger partial charge on any atom is 0.271 e. The summed E-state index contributed by atoms with van der Waals surface area (Å²) in [5.41, 5.74) is 0.150. The molecule has 18 heavy (non-hydrogen) atoms. The summed E-state index contributed by atoms with van der Waals surface area (Å²) in [5.74, 6) is 0.454. The third kappa shape index (κ3) is 2.77. The van der Waals surface area contributed by atoms with E-state index in [-0.39, 0.29) is 17.4 Å². The van der Waals surface area contributed by atoms with E-state index in [1.807, 2.05) is 6.07 Å². The lowest BCUT2D eigenvalue weighted by Gasteiger charge is -2.23. The number of nitro groups is 1. The molecule has 1 aliphatic carbocycles. The summed E-state index contributed by atoms with van der Waals surface area (Å²) in [6, 6.07) is 6.11. The molecule has 0 N–H and O–H groups in total. The molecule has 0 saturated heterocycles. The normalized spacial score (nSPS) is 15.9. The number of non-ortho nitro benzene ring substituents is 1. The number of nitro benzene ring substituents is 1. The van der Waals surface area contributed by atoms with Gasteiger partial charge in [-0.25, -0.2) is 0 Å². The van der Waals surface area contributed by atoms with Crippen molar-refractivity contribution in [1.82, 2.24) is 0 Å². The fourth-order valence-electron chi connectivity index (χ4n) is 2.18. The highest BCUT2D eigenvalue weighted by Gasteiger charge is 2.18. The molecular formula is C13H14N2O3. The van der Waals surface area contributed by atoms with Gasteiger partial charge in [-0.3, -0.25) is 10.1 Å². The van der Waals surface area contributed by atoms with Crippen molar-refractivity contribution in [2.75, 3.05) is 0 Å². The first-order valence-electron chi connectivity index (χ1n) is 6.06.